The lowest BCUT2D eigenvalue weighted by molar-refractivity contribution is 0.0954. The highest BCUT2D eigenvalue weighted by atomic mass is 35.5. The van der Waals surface area contributed by atoms with Gasteiger partial charge in [0.15, 0.2) is 0 Å². The predicted octanol–water partition coefficient (Wildman–Crippen LogP) is 1.97. The largest absolute Gasteiger partial charge is 0.379 e. The first-order valence-corrected chi connectivity index (χ1v) is 5.72. The minimum Gasteiger partial charge on any atom is -0.379 e. The standard InChI is InChI=1S/C10H20ClNO/c1-10-3-2-5-12(9-10)6-8-13-7-4-11/h10H,2-9H2,1H3. The van der Waals surface area contributed by atoms with Crippen LogP contribution in [-0.4, -0.2) is 43.6 Å². The highest BCUT2D eigenvalue weighted by Gasteiger charge is 2.15. The molecule has 0 bridgehead atoms. The van der Waals surface area contributed by atoms with E-state index in [-0.39, 0.29) is 0 Å². The van der Waals surface area contributed by atoms with Gasteiger partial charge in [0, 0.05) is 19.0 Å². The Hall–Kier alpha value is 0.210. The second-order valence-electron chi connectivity index (χ2n) is 3.85. The van der Waals surface area contributed by atoms with Crippen LogP contribution in [0.4, 0.5) is 0 Å². The molecule has 0 saturated carbocycles. The maximum absolute atomic E-state index is 5.51. The maximum Gasteiger partial charge on any atom is 0.0602 e. The van der Waals surface area contributed by atoms with E-state index in [2.05, 4.69) is 11.8 Å². The molecule has 0 spiro atoms. The molecule has 0 aromatic carbocycles. The highest BCUT2D eigenvalue weighted by molar-refractivity contribution is 6.17. The van der Waals surface area contributed by atoms with Crippen LogP contribution in [0.1, 0.15) is 19.8 Å². The number of likely N-dealkylation sites (tertiary alicyclic amines) is 1. The Bertz CT molecular complexity index is 132. The van der Waals surface area contributed by atoms with Crippen molar-refractivity contribution in [2.75, 3.05) is 38.7 Å². The third-order valence-corrected chi connectivity index (χ3v) is 2.67. The Morgan fingerprint density at radius 3 is 3.00 bits per heavy atom. The topological polar surface area (TPSA) is 12.5 Å². The normalized spacial score (nSPS) is 24.9. The summed E-state index contributed by atoms with van der Waals surface area (Å²) >= 11 is 5.51. The zero-order valence-electron chi connectivity index (χ0n) is 8.47. The van der Waals surface area contributed by atoms with Crippen LogP contribution in [0.5, 0.6) is 0 Å². The molecule has 1 rings (SSSR count). The molecule has 2 nitrogen and oxygen atoms in total. The van der Waals surface area contributed by atoms with E-state index in [1.807, 2.05) is 0 Å². The summed E-state index contributed by atoms with van der Waals surface area (Å²) in [5.74, 6) is 1.47. The zero-order valence-corrected chi connectivity index (χ0v) is 9.22. The number of nitrogens with zero attached hydrogens (tertiary/aromatic N) is 1. The van der Waals surface area contributed by atoms with E-state index in [4.69, 9.17) is 16.3 Å². The van der Waals surface area contributed by atoms with E-state index in [9.17, 15) is 0 Å². The second-order valence-corrected chi connectivity index (χ2v) is 4.23. The lowest BCUT2D eigenvalue weighted by atomic mass is 10.0. The van der Waals surface area contributed by atoms with Gasteiger partial charge in [-0.3, -0.25) is 0 Å². The summed E-state index contributed by atoms with van der Waals surface area (Å²) in [6.45, 7) is 7.40. The SMILES string of the molecule is CC1CCCN(CCOCCCl)C1. The van der Waals surface area contributed by atoms with Crippen LogP contribution >= 0.6 is 11.6 Å². The smallest absolute Gasteiger partial charge is 0.0602 e. The lowest BCUT2D eigenvalue weighted by Crippen LogP contribution is -2.36. The van der Waals surface area contributed by atoms with Crippen LogP contribution in [0.25, 0.3) is 0 Å². The molecule has 0 amide bonds. The summed E-state index contributed by atoms with van der Waals surface area (Å²) in [6, 6.07) is 0. The van der Waals surface area contributed by atoms with Gasteiger partial charge in [0.1, 0.15) is 0 Å². The molecule has 0 aromatic heterocycles. The fraction of sp³-hybridized carbons (Fsp3) is 1.00. The Morgan fingerprint density at radius 2 is 2.31 bits per heavy atom. The summed E-state index contributed by atoms with van der Waals surface area (Å²) in [5, 5.41) is 0. The van der Waals surface area contributed by atoms with Crippen LogP contribution in [0.2, 0.25) is 0 Å². The van der Waals surface area contributed by atoms with E-state index in [0.29, 0.717) is 12.5 Å². The lowest BCUT2D eigenvalue weighted by Gasteiger charge is -2.30. The number of hydrogen-bond acceptors (Lipinski definition) is 2. The van der Waals surface area contributed by atoms with Crippen molar-refractivity contribution in [3.63, 3.8) is 0 Å². The number of halogens is 1. The number of hydrogen-bond donors (Lipinski definition) is 0. The number of ether oxygens (including phenoxy) is 1. The van der Waals surface area contributed by atoms with Crippen molar-refractivity contribution in [2.24, 2.45) is 5.92 Å². The van der Waals surface area contributed by atoms with Gasteiger partial charge in [-0.25, -0.2) is 0 Å². The molecule has 1 aliphatic heterocycles. The minimum atomic E-state index is 0.608. The first kappa shape index (κ1) is 11.3. The summed E-state index contributed by atoms with van der Waals surface area (Å²) in [7, 11) is 0. The third-order valence-electron chi connectivity index (χ3n) is 2.51. The number of piperidine rings is 1. The van der Waals surface area contributed by atoms with Gasteiger partial charge in [0.2, 0.25) is 0 Å². The van der Waals surface area contributed by atoms with E-state index in [0.717, 1.165) is 19.1 Å². The van der Waals surface area contributed by atoms with Crippen LogP contribution in [-0.2, 0) is 4.74 Å². The van der Waals surface area contributed by atoms with Crippen LogP contribution < -0.4 is 0 Å². The van der Waals surface area contributed by atoms with Gasteiger partial charge in [-0.05, 0) is 25.3 Å². The maximum atomic E-state index is 5.51. The Kier molecular flexibility index (Phi) is 5.76. The molecule has 1 atom stereocenters. The van der Waals surface area contributed by atoms with E-state index in [1.165, 1.54) is 25.9 Å². The van der Waals surface area contributed by atoms with E-state index < -0.39 is 0 Å². The molecule has 0 aliphatic carbocycles. The molecular weight excluding hydrogens is 186 g/mol. The molecule has 1 fully saturated rings. The molecule has 3 heteroatoms. The molecule has 0 radical (unpaired) electrons. The van der Waals surface area contributed by atoms with Gasteiger partial charge in [0.25, 0.3) is 0 Å². The van der Waals surface area contributed by atoms with Crippen molar-refractivity contribution >= 4 is 11.6 Å². The molecule has 1 heterocycles. The fourth-order valence-electron chi connectivity index (χ4n) is 1.84. The van der Waals surface area contributed by atoms with E-state index >= 15 is 0 Å². The molecule has 0 N–H and O–H groups in total. The van der Waals surface area contributed by atoms with Crippen molar-refractivity contribution < 1.29 is 4.74 Å². The first-order chi connectivity index (χ1) is 6.33. The molecule has 0 aromatic rings. The Morgan fingerprint density at radius 1 is 1.46 bits per heavy atom. The summed E-state index contributed by atoms with van der Waals surface area (Å²) in [5.41, 5.74) is 0. The Labute approximate surface area is 86.2 Å². The average molecular weight is 206 g/mol. The minimum absolute atomic E-state index is 0.608. The Balaban J connectivity index is 2.00. The monoisotopic (exact) mass is 205 g/mol. The van der Waals surface area contributed by atoms with Gasteiger partial charge in [-0.2, -0.15) is 0 Å². The molecule has 1 aliphatic rings. The fourth-order valence-corrected chi connectivity index (χ4v) is 1.95. The molecule has 78 valence electrons. The van der Waals surface area contributed by atoms with Crippen molar-refractivity contribution in [1.29, 1.82) is 0 Å². The summed E-state index contributed by atoms with van der Waals surface area (Å²) in [6.07, 6.45) is 2.73. The molecule has 1 saturated heterocycles. The number of alkyl halides is 1. The predicted molar refractivity (Wildman–Crippen MR) is 56.4 cm³/mol. The van der Waals surface area contributed by atoms with Crippen LogP contribution in [0.15, 0.2) is 0 Å². The summed E-state index contributed by atoms with van der Waals surface area (Å²) in [4.78, 5) is 2.49. The quantitative estimate of drug-likeness (QED) is 0.503. The molecule has 1 unspecified atom stereocenters. The van der Waals surface area contributed by atoms with Crippen LogP contribution in [0.3, 0.4) is 0 Å². The second kappa shape index (κ2) is 6.63. The van der Waals surface area contributed by atoms with Crippen molar-refractivity contribution in [2.45, 2.75) is 19.8 Å². The van der Waals surface area contributed by atoms with E-state index in [1.54, 1.807) is 0 Å². The van der Waals surface area contributed by atoms with Gasteiger partial charge in [-0.1, -0.05) is 6.92 Å². The highest BCUT2D eigenvalue weighted by Crippen LogP contribution is 2.14. The average Bonchev–Trinajstić information content (AvgIpc) is 2.13. The van der Waals surface area contributed by atoms with Crippen molar-refractivity contribution in [3.05, 3.63) is 0 Å². The van der Waals surface area contributed by atoms with Gasteiger partial charge in [0.05, 0.1) is 13.2 Å². The van der Waals surface area contributed by atoms with Crippen molar-refractivity contribution in [3.8, 4) is 0 Å². The molecule has 13 heavy (non-hydrogen) atoms. The third kappa shape index (κ3) is 4.84. The van der Waals surface area contributed by atoms with Crippen LogP contribution in [0, 0.1) is 5.92 Å². The zero-order chi connectivity index (χ0) is 9.52. The first-order valence-electron chi connectivity index (χ1n) is 5.19. The van der Waals surface area contributed by atoms with Crippen molar-refractivity contribution in [1.82, 2.24) is 4.90 Å². The molecular formula is C10H20ClNO. The number of rotatable bonds is 5. The van der Waals surface area contributed by atoms with Gasteiger partial charge >= 0.3 is 0 Å². The van der Waals surface area contributed by atoms with Gasteiger partial charge in [-0.15, -0.1) is 11.6 Å². The van der Waals surface area contributed by atoms with Gasteiger partial charge < -0.3 is 9.64 Å². The summed E-state index contributed by atoms with van der Waals surface area (Å²) < 4.78 is 5.35.